The normalized spacial score (nSPS) is 11.2. The van der Waals surface area contributed by atoms with Crippen molar-refractivity contribution in [2.24, 2.45) is 0 Å². The van der Waals surface area contributed by atoms with Crippen molar-refractivity contribution in [3.8, 4) is 0 Å². The van der Waals surface area contributed by atoms with Crippen LogP contribution in [0.15, 0.2) is 59.2 Å². The third-order valence-corrected chi connectivity index (χ3v) is 3.60. The summed E-state index contributed by atoms with van der Waals surface area (Å²) in [6.45, 7) is 5.20. The fourth-order valence-corrected chi connectivity index (χ4v) is 2.37. The lowest BCUT2D eigenvalue weighted by Crippen LogP contribution is -1.99. The molecule has 1 aromatic heterocycles. The third kappa shape index (κ3) is 2.55. The van der Waals surface area contributed by atoms with E-state index >= 15 is 0 Å². The minimum atomic E-state index is 0.548. The lowest BCUT2D eigenvalue weighted by molar-refractivity contribution is 0.611. The molecule has 0 saturated heterocycles. The summed E-state index contributed by atoms with van der Waals surface area (Å²) in [4.78, 5) is 0. The summed E-state index contributed by atoms with van der Waals surface area (Å²) in [6.07, 6.45) is 1.84. The molecule has 0 radical (unpaired) electrons. The highest BCUT2D eigenvalue weighted by atomic mass is 16.3. The monoisotopic (exact) mass is 265 g/mol. The Morgan fingerprint density at radius 3 is 2.75 bits per heavy atom. The van der Waals surface area contributed by atoms with Crippen LogP contribution in [-0.2, 0) is 6.54 Å². The highest BCUT2D eigenvalue weighted by molar-refractivity contribution is 5.81. The molecule has 20 heavy (non-hydrogen) atoms. The number of rotatable bonds is 4. The van der Waals surface area contributed by atoms with Crippen molar-refractivity contribution in [3.05, 3.63) is 65.9 Å². The van der Waals surface area contributed by atoms with Crippen LogP contribution < -0.4 is 5.32 Å². The van der Waals surface area contributed by atoms with Gasteiger partial charge in [-0.15, -0.1) is 0 Å². The number of para-hydroxylation sites is 1. The zero-order valence-electron chi connectivity index (χ0n) is 11.9. The molecule has 2 nitrogen and oxygen atoms in total. The Morgan fingerprint density at radius 1 is 1.05 bits per heavy atom. The minimum absolute atomic E-state index is 0.548. The summed E-state index contributed by atoms with van der Waals surface area (Å²) in [5, 5.41) is 4.66. The predicted octanol–water partition coefficient (Wildman–Crippen LogP) is 5.17. The molecular formula is C18H19NO. The van der Waals surface area contributed by atoms with Crippen LogP contribution >= 0.6 is 0 Å². The molecule has 102 valence electrons. The lowest BCUT2D eigenvalue weighted by Gasteiger charge is -2.09. The Hall–Kier alpha value is -2.22. The Bertz CT molecular complexity index is 712. The SMILES string of the molecule is CC(C)c1cccc(NCc2coc3ccccc23)c1. The van der Waals surface area contributed by atoms with E-state index in [1.54, 1.807) is 0 Å². The van der Waals surface area contributed by atoms with E-state index < -0.39 is 0 Å². The van der Waals surface area contributed by atoms with Crippen molar-refractivity contribution in [1.82, 2.24) is 0 Å². The molecule has 2 heteroatoms. The van der Waals surface area contributed by atoms with Gasteiger partial charge in [0.2, 0.25) is 0 Å². The molecule has 0 fully saturated rings. The maximum atomic E-state index is 5.56. The van der Waals surface area contributed by atoms with Gasteiger partial charge in [-0.3, -0.25) is 0 Å². The standard InChI is InChI=1S/C18H19NO/c1-13(2)14-6-5-7-16(10-14)19-11-15-12-20-18-9-4-3-8-17(15)18/h3-10,12-13,19H,11H2,1-2H3. The van der Waals surface area contributed by atoms with Gasteiger partial charge in [0.1, 0.15) is 5.58 Å². The maximum Gasteiger partial charge on any atom is 0.134 e. The number of fused-ring (bicyclic) bond motifs is 1. The highest BCUT2D eigenvalue weighted by Crippen LogP contribution is 2.23. The van der Waals surface area contributed by atoms with E-state index in [2.05, 4.69) is 49.5 Å². The van der Waals surface area contributed by atoms with Gasteiger partial charge in [0.05, 0.1) is 6.26 Å². The number of hydrogen-bond acceptors (Lipinski definition) is 2. The molecule has 0 saturated carbocycles. The summed E-state index contributed by atoms with van der Waals surface area (Å²) in [5.74, 6) is 0.548. The fraction of sp³-hybridized carbons (Fsp3) is 0.222. The van der Waals surface area contributed by atoms with Crippen molar-refractivity contribution >= 4 is 16.7 Å². The molecule has 0 atom stereocenters. The molecule has 0 amide bonds. The zero-order chi connectivity index (χ0) is 13.9. The van der Waals surface area contributed by atoms with Crippen LogP contribution in [0.2, 0.25) is 0 Å². The van der Waals surface area contributed by atoms with E-state index in [-0.39, 0.29) is 0 Å². The van der Waals surface area contributed by atoms with Crippen LogP contribution in [0.1, 0.15) is 30.9 Å². The van der Waals surface area contributed by atoms with Crippen LogP contribution in [0.25, 0.3) is 11.0 Å². The summed E-state index contributed by atoms with van der Waals surface area (Å²) < 4.78 is 5.56. The lowest BCUT2D eigenvalue weighted by atomic mass is 10.0. The molecule has 3 rings (SSSR count). The predicted molar refractivity (Wildman–Crippen MR) is 84.1 cm³/mol. The molecule has 2 aromatic carbocycles. The number of furan rings is 1. The number of benzene rings is 2. The van der Waals surface area contributed by atoms with Gasteiger partial charge in [-0.1, -0.05) is 44.2 Å². The molecule has 1 N–H and O–H groups in total. The number of hydrogen-bond donors (Lipinski definition) is 1. The first kappa shape index (κ1) is 12.8. The molecule has 0 unspecified atom stereocenters. The maximum absolute atomic E-state index is 5.56. The quantitative estimate of drug-likeness (QED) is 0.704. The first-order valence-electron chi connectivity index (χ1n) is 7.03. The zero-order valence-corrected chi connectivity index (χ0v) is 11.9. The largest absolute Gasteiger partial charge is 0.464 e. The van der Waals surface area contributed by atoms with Gasteiger partial charge in [-0.05, 0) is 29.7 Å². The molecule has 0 aliphatic carbocycles. The average Bonchev–Trinajstić information content (AvgIpc) is 2.89. The first-order chi connectivity index (χ1) is 9.74. The van der Waals surface area contributed by atoms with Gasteiger partial charge >= 0.3 is 0 Å². The third-order valence-electron chi connectivity index (χ3n) is 3.60. The van der Waals surface area contributed by atoms with Gasteiger partial charge in [0.15, 0.2) is 0 Å². The molecule has 3 aromatic rings. The summed E-state index contributed by atoms with van der Waals surface area (Å²) in [6, 6.07) is 16.7. The topological polar surface area (TPSA) is 25.2 Å². The molecule has 0 aliphatic rings. The first-order valence-corrected chi connectivity index (χ1v) is 7.03. The minimum Gasteiger partial charge on any atom is -0.464 e. The Kier molecular flexibility index (Phi) is 3.46. The molecule has 1 heterocycles. The van der Waals surface area contributed by atoms with Gasteiger partial charge in [0.25, 0.3) is 0 Å². The van der Waals surface area contributed by atoms with E-state index in [9.17, 15) is 0 Å². The van der Waals surface area contributed by atoms with E-state index in [0.717, 1.165) is 17.8 Å². The van der Waals surface area contributed by atoms with Crippen LogP contribution in [0.5, 0.6) is 0 Å². The number of anilines is 1. The molecule has 0 spiro atoms. The second kappa shape index (κ2) is 5.41. The van der Waals surface area contributed by atoms with Crippen LogP contribution in [0.4, 0.5) is 5.69 Å². The highest BCUT2D eigenvalue weighted by Gasteiger charge is 2.05. The Balaban J connectivity index is 1.78. The van der Waals surface area contributed by atoms with Crippen molar-refractivity contribution < 1.29 is 4.42 Å². The van der Waals surface area contributed by atoms with Crippen molar-refractivity contribution in [3.63, 3.8) is 0 Å². The van der Waals surface area contributed by atoms with E-state index in [0.29, 0.717) is 5.92 Å². The van der Waals surface area contributed by atoms with Crippen LogP contribution in [0, 0.1) is 0 Å². The van der Waals surface area contributed by atoms with Crippen molar-refractivity contribution in [1.29, 1.82) is 0 Å². The van der Waals surface area contributed by atoms with Crippen molar-refractivity contribution in [2.75, 3.05) is 5.32 Å². The van der Waals surface area contributed by atoms with Gasteiger partial charge in [-0.25, -0.2) is 0 Å². The summed E-state index contributed by atoms with van der Waals surface area (Å²) >= 11 is 0. The summed E-state index contributed by atoms with van der Waals surface area (Å²) in [5.41, 5.74) is 4.64. The Morgan fingerprint density at radius 2 is 1.90 bits per heavy atom. The Labute approximate surface area is 119 Å². The summed E-state index contributed by atoms with van der Waals surface area (Å²) in [7, 11) is 0. The average molecular weight is 265 g/mol. The van der Waals surface area contributed by atoms with Crippen molar-refractivity contribution in [2.45, 2.75) is 26.3 Å². The second-order valence-electron chi connectivity index (χ2n) is 5.39. The van der Waals surface area contributed by atoms with E-state index in [4.69, 9.17) is 4.42 Å². The molecular weight excluding hydrogens is 246 g/mol. The molecule has 0 aliphatic heterocycles. The van der Waals surface area contributed by atoms with Gasteiger partial charge < -0.3 is 9.73 Å². The van der Waals surface area contributed by atoms with E-state index in [1.165, 1.54) is 16.5 Å². The fourth-order valence-electron chi connectivity index (χ4n) is 2.37. The van der Waals surface area contributed by atoms with Crippen LogP contribution in [-0.4, -0.2) is 0 Å². The van der Waals surface area contributed by atoms with Crippen LogP contribution in [0.3, 0.4) is 0 Å². The number of nitrogens with one attached hydrogen (secondary N) is 1. The second-order valence-corrected chi connectivity index (χ2v) is 5.39. The smallest absolute Gasteiger partial charge is 0.134 e. The van der Waals surface area contributed by atoms with Gasteiger partial charge in [-0.2, -0.15) is 0 Å². The van der Waals surface area contributed by atoms with E-state index in [1.807, 2.05) is 24.5 Å². The van der Waals surface area contributed by atoms with Gasteiger partial charge in [0, 0.05) is 23.2 Å². The molecule has 0 bridgehead atoms.